The lowest BCUT2D eigenvalue weighted by molar-refractivity contribution is -0.132. The Morgan fingerprint density at radius 1 is 1.07 bits per heavy atom. The molecule has 3 amide bonds. The number of nitrogens with two attached hydrogens (primary N) is 1. The van der Waals surface area contributed by atoms with Crippen LogP contribution in [0.1, 0.15) is 83.7 Å². The fourth-order valence-electron chi connectivity index (χ4n) is 5.80. The topological polar surface area (TPSA) is 126 Å². The van der Waals surface area contributed by atoms with Crippen molar-refractivity contribution < 1.29 is 14.4 Å². The third kappa shape index (κ3) is 11.2. The van der Waals surface area contributed by atoms with Crippen LogP contribution in [0.25, 0.3) is 0 Å². The second-order valence-electron chi connectivity index (χ2n) is 11.8. The highest BCUT2D eigenvalue weighted by molar-refractivity contribution is 8.20. The van der Waals surface area contributed by atoms with Crippen LogP contribution in [0.2, 0.25) is 0 Å². The van der Waals surface area contributed by atoms with Crippen LogP contribution in [0, 0.1) is 17.8 Å². The Hall–Kier alpha value is -2.04. The summed E-state index contributed by atoms with van der Waals surface area (Å²) in [5.74, 6) is 1.82. The van der Waals surface area contributed by atoms with Crippen molar-refractivity contribution in [1.82, 2.24) is 20.9 Å². The lowest BCUT2D eigenvalue weighted by atomic mass is 9.83. The van der Waals surface area contributed by atoms with Crippen molar-refractivity contribution in [3.05, 3.63) is 42.7 Å². The third-order valence-electron chi connectivity index (χ3n) is 8.58. The largest absolute Gasteiger partial charge is 0.352 e. The molecule has 2 fully saturated rings. The van der Waals surface area contributed by atoms with Crippen molar-refractivity contribution in [2.45, 2.75) is 107 Å². The average molecular weight is 618 g/mol. The number of rotatable bonds is 17. The van der Waals surface area contributed by atoms with E-state index in [0.717, 1.165) is 30.0 Å². The van der Waals surface area contributed by atoms with Gasteiger partial charge in [0.1, 0.15) is 12.1 Å². The van der Waals surface area contributed by atoms with Gasteiger partial charge in [-0.1, -0.05) is 64.5 Å². The quantitative estimate of drug-likeness (QED) is 0.185. The zero-order chi connectivity index (χ0) is 30.3. The molecule has 3 rings (SSSR count). The molecule has 1 aliphatic heterocycles. The van der Waals surface area contributed by atoms with E-state index in [1.165, 1.54) is 32.1 Å². The first-order chi connectivity index (χ1) is 20.3. The first-order valence-electron chi connectivity index (χ1n) is 15.7. The van der Waals surface area contributed by atoms with E-state index in [2.05, 4.69) is 27.5 Å². The van der Waals surface area contributed by atoms with Gasteiger partial charge in [-0.05, 0) is 49.7 Å². The molecular formula is C32H51N5O3S2. The van der Waals surface area contributed by atoms with E-state index in [1.807, 2.05) is 32.0 Å². The van der Waals surface area contributed by atoms with Crippen molar-refractivity contribution in [3.8, 4) is 0 Å². The molecule has 234 valence electrons. The third-order valence-corrected chi connectivity index (χ3v) is 11.8. The van der Waals surface area contributed by atoms with Gasteiger partial charge in [-0.25, -0.2) is 0 Å². The predicted molar refractivity (Wildman–Crippen MR) is 175 cm³/mol. The van der Waals surface area contributed by atoms with Gasteiger partial charge in [0.05, 0.1) is 16.8 Å². The van der Waals surface area contributed by atoms with E-state index < -0.39 is 12.1 Å². The molecule has 10 heteroatoms. The maximum atomic E-state index is 13.6. The number of nitrogens with one attached hydrogen (secondary N) is 3. The molecule has 2 aliphatic rings. The molecule has 1 aliphatic carbocycles. The highest BCUT2D eigenvalue weighted by Gasteiger charge is 2.32. The summed E-state index contributed by atoms with van der Waals surface area (Å²) in [6.07, 6.45) is 13.0. The maximum Gasteiger partial charge on any atom is 0.243 e. The van der Waals surface area contributed by atoms with Crippen molar-refractivity contribution in [2.75, 3.05) is 11.5 Å². The number of allylic oxidation sites excluding steroid dienone is 1. The molecule has 1 saturated carbocycles. The zero-order valence-electron chi connectivity index (χ0n) is 25.4. The molecule has 0 spiro atoms. The van der Waals surface area contributed by atoms with Gasteiger partial charge in [0, 0.05) is 29.7 Å². The number of carbonyl (C=O) groups is 3. The van der Waals surface area contributed by atoms with E-state index in [4.69, 9.17) is 5.73 Å². The number of carbonyl (C=O) groups excluding carboxylic acids is 3. The van der Waals surface area contributed by atoms with Crippen LogP contribution in [-0.2, 0) is 20.9 Å². The average Bonchev–Trinajstić information content (AvgIpc) is 3.56. The summed E-state index contributed by atoms with van der Waals surface area (Å²) in [4.78, 5) is 44.2. The van der Waals surface area contributed by atoms with Crippen molar-refractivity contribution in [2.24, 2.45) is 23.5 Å². The summed E-state index contributed by atoms with van der Waals surface area (Å²) in [5, 5.41) is 9.28. The van der Waals surface area contributed by atoms with Gasteiger partial charge < -0.3 is 21.7 Å². The number of hydrogen-bond acceptors (Lipinski definition) is 7. The standard InChI is InChI=1S/C32H51N5O3S2/c1-4-11-24(29(38)37-28(22(3)5-2)31(40)35-21-26-14-9-10-17-34-26)15-16-25(20-23-12-7-6-8-13-23)36-30(39)27(33)32-41-18-19-42-32/h4,9-10,14,17,22-25,27-28,32H,1,5-8,11-13,15-16,18-21,33H2,2-3H3,(H,35,40)(H,36,39)(H,37,38)/t22-,24?,25-,27-,28?/m1/s1. The monoisotopic (exact) mass is 617 g/mol. The molecule has 8 nitrogen and oxygen atoms in total. The summed E-state index contributed by atoms with van der Waals surface area (Å²) in [5.41, 5.74) is 7.13. The van der Waals surface area contributed by atoms with Crippen LogP contribution >= 0.6 is 23.5 Å². The number of aromatic nitrogens is 1. The lowest BCUT2D eigenvalue weighted by Gasteiger charge is -2.30. The minimum atomic E-state index is -0.643. The molecule has 0 aromatic carbocycles. The van der Waals surface area contributed by atoms with Crippen molar-refractivity contribution in [3.63, 3.8) is 0 Å². The molecule has 1 aromatic heterocycles. The highest BCUT2D eigenvalue weighted by Crippen LogP contribution is 2.34. The second kappa shape index (κ2) is 18.6. The minimum absolute atomic E-state index is 0.0322. The molecule has 5 N–H and O–H groups in total. The van der Waals surface area contributed by atoms with E-state index in [1.54, 1.807) is 35.8 Å². The second-order valence-corrected chi connectivity index (χ2v) is 14.6. The number of nitrogens with zero attached hydrogens (tertiary/aromatic N) is 1. The van der Waals surface area contributed by atoms with Gasteiger partial charge in [0.15, 0.2) is 0 Å². The van der Waals surface area contributed by atoms with Crippen LogP contribution < -0.4 is 21.7 Å². The van der Waals surface area contributed by atoms with Gasteiger partial charge >= 0.3 is 0 Å². The van der Waals surface area contributed by atoms with Crippen LogP contribution in [0.4, 0.5) is 0 Å². The molecule has 2 heterocycles. The predicted octanol–water partition coefficient (Wildman–Crippen LogP) is 4.79. The minimum Gasteiger partial charge on any atom is -0.352 e. The van der Waals surface area contributed by atoms with Crippen molar-refractivity contribution >= 4 is 41.2 Å². The number of thioether (sulfide) groups is 2. The van der Waals surface area contributed by atoms with Gasteiger partial charge in [0.2, 0.25) is 17.7 Å². The first kappa shape index (κ1) is 34.5. The summed E-state index contributed by atoms with van der Waals surface area (Å²) in [6.45, 7) is 8.19. The number of pyridine rings is 1. The summed E-state index contributed by atoms with van der Waals surface area (Å²) in [6, 6.07) is 4.36. The van der Waals surface area contributed by atoms with Crippen LogP contribution in [-0.4, -0.2) is 56.9 Å². The number of hydrogen-bond donors (Lipinski definition) is 4. The Bertz CT molecular complexity index is 986. The maximum absolute atomic E-state index is 13.6. The Labute approximate surface area is 261 Å². The van der Waals surface area contributed by atoms with Crippen LogP contribution in [0.15, 0.2) is 37.1 Å². The van der Waals surface area contributed by atoms with E-state index >= 15 is 0 Å². The molecule has 5 atom stereocenters. The smallest absolute Gasteiger partial charge is 0.243 e. The summed E-state index contributed by atoms with van der Waals surface area (Å²) >= 11 is 3.52. The molecule has 2 unspecified atom stereocenters. The normalized spacial score (nSPS) is 19.7. The van der Waals surface area contributed by atoms with Gasteiger partial charge in [0.25, 0.3) is 0 Å². The van der Waals surface area contributed by atoms with Crippen LogP contribution in [0.3, 0.4) is 0 Å². The van der Waals surface area contributed by atoms with E-state index in [9.17, 15) is 14.4 Å². The molecule has 1 aromatic rings. The molecule has 42 heavy (non-hydrogen) atoms. The van der Waals surface area contributed by atoms with Gasteiger partial charge in [-0.15, -0.1) is 30.1 Å². The molecule has 1 saturated heterocycles. The number of amides is 3. The van der Waals surface area contributed by atoms with E-state index in [0.29, 0.717) is 31.7 Å². The highest BCUT2D eigenvalue weighted by atomic mass is 32.2. The van der Waals surface area contributed by atoms with Gasteiger partial charge in [-0.3, -0.25) is 19.4 Å². The van der Waals surface area contributed by atoms with Gasteiger partial charge in [-0.2, -0.15) is 0 Å². The SMILES string of the molecule is C=CCC(CC[C@H](CC1CCCCC1)NC(=O)[C@@H](N)C1SCCS1)C(=O)NC(C(=O)NCc1ccccn1)[C@H](C)CC. The van der Waals surface area contributed by atoms with Crippen molar-refractivity contribution in [1.29, 1.82) is 0 Å². The zero-order valence-corrected chi connectivity index (χ0v) is 27.0. The van der Waals surface area contributed by atoms with Crippen LogP contribution in [0.5, 0.6) is 0 Å². The fourth-order valence-corrected chi connectivity index (χ4v) is 8.66. The molecule has 0 radical (unpaired) electrons. The molecular weight excluding hydrogens is 567 g/mol. The Morgan fingerprint density at radius 3 is 2.45 bits per heavy atom. The molecule has 0 bridgehead atoms. The lowest BCUT2D eigenvalue weighted by Crippen LogP contribution is -2.52. The first-order valence-corrected chi connectivity index (χ1v) is 17.8. The Kier molecular flexibility index (Phi) is 15.2. The summed E-state index contributed by atoms with van der Waals surface area (Å²) in [7, 11) is 0. The Balaban J connectivity index is 1.63. The van der Waals surface area contributed by atoms with E-state index in [-0.39, 0.29) is 40.2 Å². The fraction of sp³-hybridized carbons (Fsp3) is 0.688. The Morgan fingerprint density at radius 2 is 1.81 bits per heavy atom. The summed E-state index contributed by atoms with van der Waals surface area (Å²) < 4.78 is 0.0981.